The summed E-state index contributed by atoms with van der Waals surface area (Å²) in [6.45, 7) is 2.70. The van der Waals surface area contributed by atoms with Gasteiger partial charge in [0.25, 0.3) is 0 Å². The maximum atomic E-state index is 10.3. The van der Waals surface area contributed by atoms with Gasteiger partial charge in [-0.2, -0.15) is 0 Å². The smallest absolute Gasteiger partial charge is 0.133 e. The Bertz CT molecular complexity index is 618. The van der Waals surface area contributed by atoms with Gasteiger partial charge in [-0.3, -0.25) is 0 Å². The number of furan rings is 1. The van der Waals surface area contributed by atoms with Crippen LogP contribution in [0.15, 0.2) is 28.7 Å². The summed E-state index contributed by atoms with van der Waals surface area (Å²) < 4.78 is 11.2. The highest BCUT2D eigenvalue weighted by atomic mass is 35.5. The van der Waals surface area contributed by atoms with E-state index in [4.69, 9.17) is 20.8 Å². The van der Waals surface area contributed by atoms with E-state index in [1.54, 1.807) is 0 Å². The van der Waals surface area contributed by atoms with E-state index in [9.17, 15) is 5.11 Å². The largest absolute Gasteiger partial charge is 0.493 e. The van der Waals surface area contributed by atoms with Crippen LogP contribution < -0.4 is 4.74 Å². The Kier molecular flexibility index (Phi) is 3.72. The zero-order chi connectivity index (χ0) is 14.1. The summed E-state index contributed by atoms with van der Waals surface area (Å²) in [4.78, 5) is 0. The van der Waals surface area contributed by atoms with E-state index in [-0.39, 0.29) is 0 Å². The van der Waals surface area contributed by atoms with Gasteiger partial charge in [-0.05, 0) is 35.4 Å². The Morgan fingerprint density at radius 2 is 2.20 bits per heavy atom. The van der Waals surface area contributed by atoms with Crippen LogP contribution in [-0.4, -0.2) is 11.7 Å². The molecule has 1 aliphatic rings. The van der Waals surface area contributed by atoms with Crippen molar-refractivity contribution < 1.29 is 14.3 Å². The predicted octanol–water partition coefficient (Wildman–Crippen LogP) is 3.71. The number of aryl methyl sites for hydroxylation is 1. The van der Waals surface area contributed by atoms with E-state index < -0.39 is 6.10 Å². The highest BCUT2D eigenvalue weighted by Crippen LogP contribution is 2.35. The summed E-state index contributed by atoms with van der Waals surface area (Å²) in [5.74, 6) is 2.34. The fraction of sp³-hybridized carbons (Fsp3) is 0.375. The first-order valence-electron chi connectivity index (χ1n) is 6.88. The number of hydrogen-bond acceptors (Lipinski definition) is 3. The van der Waals surface area contributed by atoms with Gasteiger partial charge < -0.3 is 14.3 Å². The van der Waals surface area contributed by atoms with Crippen molar-refractivity contribution in [2.45, 2.75) is 32.3 Å². The summed E-state index contributed by atoms with van der Waals surface area (Å²) in [6, 6.07) is 7.52. The van der Waals surface area contributed by atoms with Gasteiger partial charge in [-0.25, -0.2) is 0 Å². The van der Waals surface area contributed by atoms with Gasteiger partial charge in [-0.1, -0.05) is 18.5 Å². The Morgan fingerprint density at radius 3 is 2.95 bits per heavy atom. The molecule has 3 nitrogen and oxygen atoms in total. The summed E-state index contributed by atoms with van der Waals surface area (Å²) in [5.41, 5.74) is 2.06. The fourth-order valence-electron chi connectivity index (χ4n) is 2.57. The number of benzene rings is 1. The number of hydrogen-bond donors (Lipinski definition) is 1. The highest BCUT2D eigenvalue weighted by Gasteiger charge is 2.21. The molecule has 0 aliphatic carbocycles. The molecule has 1 aromatic carbocycles. The molecule has 0 saturated carbocycles. The Balaban J connectivity index is 1.84. The number of aliphatic hydroxyl groups excluding tert-OH is 1. The Hall–Kier alpha value is -1.45. The predicted molar refractivity (Wildman–Crippen MR) is 77.4 cm³/mol. The van der Waals surface area contributed by atoms with E-state index in [1.807, 2.05) is 31.2 Å². The molecule has 2 aromatic rings. The van der Waals surface area contributed by atoms with Crippen LogP contribution in [0.3, 0.4) is 0 Å². The van der Waals surface area contributed by atoms with Gasteiger partial charge in [0.05, 0.1) is 6.61 Å². The van der Waals surface area contributed by atoms with Crippen molar-refractivity contribution in [3.8, 4) is 5.75 Å². The molecule has 0 amide bonds. The quantitative estimate of drug-likeness (QED) is 0.934. The van der Waals surface area contributed by atoms with Gasteiger partial charge in [0.2, 0.25) is 0 Å². The van der Waals surface area contributed by atoms with Crippen LogP contribution in [0.4, 0.5) is 0 Å². The molecule has 0 radical (unpaired) electrons. The van der Waals surface area contributed by atoms with Gasteiger partial charge in [0.1, 0.15) is 23.4 Å². The summed E-state index contributed by atoms with van der Waals surface area (Å²) >= 11 is 6.12. The molecule has 0 spiro atoms. The lowest BCUT2D eigenvalue weighted by Crippen LogP contribution is -2.02. The second-order valence-electron chi connectivity index (χ2n) is 5.03. The van der Waals surface area contributed by atoms with Crippen molar-refractivity contribution >= 4 is 11.6 Å². The molecule has 1 aromatic heterocycles. The average Bonchev–Trinajstić information content (AvgIpc) is 3.06. The van der Waals surface area contributed by atoms with Gasteiger partial charge in [0.15, 0.2) is 0 Å². The molecule has 3 rings (SSSR count). The van der Waals surface area contributed by atoms with Gasteiger partial charge >= 0.3 is 0 Å². The zero-order valence-corrected chi connectivity index (χ0v) is 12.1. The first kappa shape index (κ1) is 13.5. The van der Waals surface area contributed by atoms with Gasteiger partial charge in [-0.15, -0.1) is 0 Å². The number of aliphatic hydroxyl groups is 1. The van der Waals surface area contributed by atoms with E-state index >= 15 is 0 Å². The molecular formula is C16H17ClO3. The van der Waals surface area contributed by atoms with Crippen molar-refractivity contribution in [1.29, 1.82) is 0 Å². The summed E-state index contributed by atoms with van der Waals surface area (Å²) in [7, 11) is 0. The molecule has 0 fully saturated rings. The minimum atomic E-state index is -0.679. The monoisotopic (exact) mass is 292 g/mol. The highest BCUT2D eigenvalue weighted by molar-refractivity contribution is 6.30. The van der Waals surface area contributed by atoms with E-state index in [0.717, 1.165) is 35.5 Å². The average molecular weight is 293 g/mol. The molecule has 4 heteroatoms. The van der Waals surface area contributed by atoms with Crippen LogP contribution in [0.5, 0.6) is 5.75 Å². The third-order valence-corrected chi connectivity index (χ3v) is 3.82. The minimum Gasteiger partial charge on any atom is -0.493 e. The third-order valence-electron chi connectivity index (χ3n) is 3.60. The Morgan fingerprint density at radius 1 is 1.35 bits per heavy atom. The molecule has 1 atom stereocenters. The molecule has 1 unspecified atom stereocenters. The number of halogens is 1. The first-order valence-corrected chi connectivity index (χ1v) is 7.26. The van der Waals surface area contributed by atoms with Gasteiger partial charge in [0, 0.05) is 24.3 Å². The SMILES string of the molecule is CCc1ccc(C(O)Cc2cc(Cl)cc3c2OCC3)o1. The number of rotatable bonds is 4. The second-order valence-corrected chi connectivity index (χ2v) is 5.47. The molecule has 0 bridgehead atoms. The lowest BCUT2D eigenvalue weighted by Gasteiger charge is -2.12. The molecular weight excluding hydrogens is 276 g/mol. The third kappa shape index (κ3) is 2.56. The van der Waals surface area contributed by atoms with Crippen LogP contribution in [0, 0.1) is 0 Å². The van der Waals surface area contributed by atoms with Crippen LogP contribution in [-0.2, 0) is 19.3 Å². The van der Waals surface area contributed by atoms with E-state index in [0.29, 0.717) is 23.8 Å². The van der Waals surface area contributed by atoms with Crippen molar-refractivity contribution in [2.24, 2.45) is 0 Å². The van der Waals surface area contributed by atoms with Crippen molar-refractivity contribution in [3.05, 3.63) is 51.9 Å². The first-order chi connectivity index (χ1) is 9.67. The summed E-state index contributed by atoms with van der Waals surface area (Å²) in [6.07, 6.45) is 1.46. The topological polar surface area (TPSA) is 42.6 Å². The maximum Gasteiger partial charge on any atom is 0.133 e. The van der Waals surface area contributed by atoms with E-state index in [1.165, 1.54) is 0 Å². The lowest BCUT2D eigenvalue weighted by atomic mass is 10.0. The molecule has 2 heterocycles. The summed E-state index contributed by atoms with van der Waals surface area (Å²) in [5, 5.41) is 11.0. The van der Waals surface area contributed by atoms with Crippen LogP contribution in [0.1, 0.15) is 35.7 Å². The van der Waals surface area contributed by atoms with Crippen LogP contribution in [0.25, 0.3) is 0 Å². The molecule has 1 N–H and O–H groups in total. The van der Waals surface area contributed by atoms with Crippen molar-refractivity contribution in [2.75, 3.05) is 6.61 Å². The van der Waals surface area contributed by atoms with E-state index in [2.05, 4.69) is 0 Å². The zero-order valence-electron chi connectivity index (χ0n) is 11.4. The molecule has 20 heavy (non-hydrogen) atoms. The molecule has 0 saturated heterocycles. The van der Waals surface area contributed by atoms with Crippen LogP contribution >= 0.6 is 11.6 Å². The standard InChI is InChI=1S/C16H17ClO3/c1-2-13-3-4-15(20-13)14(18)9-11-8-12(17)7-10-5-6-19-16(10)11/h3-4,7-8,14,18H,2,5-6,9H2,1H3. The maximum absolute atomic E-state index is 10.3. The Labute approximate surface area is 123 Å². The second kappa shape index (κ2) is 5.51. The van der Waals surface area contributed by atoms with Crippen LogP contribution in [0.2, 0.25) is 5.02 Å². The lowest BCUT2D eigenvalue weighted by molar-refractivity contribution is 0.147. The molecule has 1 aliphatic heterocycles. The fourth-order valence-corrected chi connectivity index (χ4v) is 2.83. The van der Waals surface area contributed by atoms with Crippen molar-refractivity contribution in [3.63, 3.8) is 0 Å². The van der Waals surface area contributed by atoms with Crippen molar-refractivity contribution in [1.82, 2.24) is 0 Å². The normalized spacial score (nSPS) is 14.9. The molecule has 106 valence electrons. The number of fused-ring (bicyclic) bond motifs is 1. The minimum absolute atomic E-state index is 0.444. The number of ether oxygens (including phenoxy) is 1.